The van der Waals surface area contributed by atoms with Crippen molar-refractivity contribution in [2.24, 2.45) is 0 Å². The lowest BCUT2D eigenvalue weighted by Crippen LogP contribution is -2.00. The molecule has 0 radical (unpaired) electrons. The van der Waals surface area contributed by atoms with Crippen molar-refractivity contribution in [2.75, 3.05) is 28.4 Å². The third-order valence-corrected chi connectivity index (χ3v) is 5.78. The maximum atomic E-state index is 11.6. The molecule has 0 aliphatic rings. The van der Waals surface area contributed by atoms with Crippen LogP contribution in [0, 0.1) is 0 Å². The zero-order chi connectivity index (χ0) is 21.7. The number of hydrogen-bond donors (Lipinski definition) is 1. The molecule has 0 atom stereocenters. The number of benzene rings is 2. The van der Waals surface area contributed by atoms with E-state index in [1.165, 1.54) is 11.3 Å². The van der Waals surface area contributed by atoms with Crippen molar-refractivity contribution in [1.82, 2.24) is 0 Å². The molecule has 0 spiro atoms. The summed E-state index contributed by atoms with van der Waals surface area (Å²) in [6.45, 7) is 0. The fourth-order valence-corrected chi connectivity index (χ4v) is 4.25. The van der Waals surface area contributed by atoms with Gasteiger partial charge in [-0.05, 0) is 59.7 Å². The van der Waals surface area contributed by atoms with Gasteiger partial charge >= 0.3 is 5.97 Å². The molecule has 30 heavy (non-hydrogen) atoms. The van der Waals surface area contributed by atoms with Crippen LogP contribution in [0.3, 0.4) is 0 Å². The van der Waals surface area contributed by atoms with Gasteiger partial charge in [-0.15, -0.1) is 11.3 Å². The summed E-state index contributed by atoms with van der Waals surface area (Å²) in [6.07, 6.45) is 1.50. The molecule has 7 heteroatoms. The lowest BCUT2D eigenvalue weighted by Gasteiger charge is -2.14. The van der Waals surface area contributed by atoms with Gasteiger partial charge in [0.25, 0.3) is 0 Å². The first kappa shape index (κ1) is 21.5. The van der Waals surface area contributed by atoms with Crippen molar-refractivity contribution >= 4 is 17.3 Å². The van der Waals surface area contributed by atoms with E-state index in [4.69, 9.17) is 18.9 Å². The van der Waals surface area contributed by atoms with E-state index in [0.29, 0.717) is 27.9 Å². The topological polar surface area (TPSA) is 74.2 Å². The van der Waals surface area contributed by atoms with Gasteiger partial charge < -0.3 is 24.1 Å². The molecule has 1 N–H and O–H groups in total. The van der Waals surface area contributed by atoms with E-state index in [1.807, 2.05) is 30.3 Å². The molecule has 0 fully saturated rings. The van der Waals surface area contributed by atoms with E-state index in [-0.39, 0.29) is 5.56 Å². The number of carboxylic acids is 1. The summed E-state index contributed by atoms with van der Waals surface area (Å²) in [5.41, 5.74) is 3.18. The Labute approximate surface area is 179 Å². The molecule has 1 heterocycles. The molecule has 0 saturated heterocycles. The van der Waals surface area contributed by atoms with Crippen molar-refractivity contribution in [1.29, 1.82) is 0 Å². The number of aromatic carboxylic acids is 1. The molecule has 0 unspecified atom stereocenters. The SMILES string of the molecule is COc1ccc(CCc2cc(OC)c(OC)c(OC)c2)cc1-c1sccc1C(=O)O. The Hall–Kier alpha value is -3.19. The van der Waals surface area contributed by atoms with Crippen LogP contribution >= 0.6 is 11.3 Å². The van der Waals surface area contributed by atoms with Crippen LogP contribution in [0.4, 0.5) is 0 Å². The highest BCUT2D eigenvalue weighted by Crippen LogP contribution is 2.39. The Balaban J connectivity index is 1.90. The smallest absolute Gasteiger partial charge is 0.337 e. The van der Waals surface area contributed by atoms with Crippen molar-refractivity contribution < 1.29 is 28.8 Å². The van der Waals surface area contributed by atoms with Gasteiger partial charge in [-0.3, -0.25) is 0 Å². The summed E-state index contributed by atoms with van der Waals surface area (Å²) in [4.78, 5) is 12.2. The molecule has 0 amide bonds. The number of methoxy groups -OCH3 is 4. The minimum atomic E-state index is -0.948. The highest BCUT2D eigenvalue weighted by molar-refractivity contribution is 7.14. The Kier molecular flexibility index (Phi) is 6.84. The first-order chi connectivity index (χ1) is 14.5. The van der Waals surface area contributed by atoms with Gasteiger partial charge in [-0.1, -0.05) is 6.07 Å². The predicted octanol–water partition coefficient (Wildman–Crippen LogP) is 4.93. The van der Waals surface area contributed by atoms with Gasteiger partial charge in [-0.2, -0.15) is 0 Å². The lowest BCUT2D eigenvalue weighted by atomic mass is 10.00. The summed E-state index contributed by atoms with van der Waals surface area (Å²) < 4.78 is 21.7. The van der Waals surface area contributed by atoms with Crippen LogP contribution in [-0.2, 0) is 12.8 Å². The highest BCUT2D eigenvalue weighted by Gasteiger charge is 2.18. The van der Waals surface area contributed by atoms with Crippen LogP contribution in [0.1, 0.15) is 21.5 Å². The summed E-state index contributed by atoms with van der Waals surface area (Å²) in [7, 11) is 6.35. The van der Waals surface area contributed by atoms with Crippen LogP contribution in [0.15, 0.2) is 41.8 Å². The third kappa shape index (κ3) is 4.36. The monoisotopic (exact) mass is 428 g/mol. The van der Waals surface area contributed by atoms with Crippen LogP contribution < -0.4 is 18.9 Å². The van der Waals surface area contributed by atoms with Crippen LogP contribution in [0.2, 0.25) is 0 Å². The second kappa shape index (κ2) is 9.54. The fourth-order valence-electron chi connectivity index (χ4n) is 3.34. The molecule has 1 aromatic heterocycles. The average Bonchev–Trinajstić information content (AvgIpc) is 3.26. The number of aryl methyl sites for hydroxylation is 2. The molecule has 158 valence electrons. The predicted molar refractivity (Wildman–Crippen MR) is 117 cm³/mol. The molecule has 6 nitrogen and oxygen atoms in total. The Morgan fingerprint density at radius 1 is 0.833 bits per heavy atom. The van der Waals surface area contributed by atoms with E-state index in [2.05, 4.69) is 0 Å². The van der Waals surface area contributed by atoms with E-state index < -0.39 is 5.97 Å². The maximum absolute atomic E-state index is 11.6. The normalized spacial score (nSPS) is 10.5. The maximum Gasteiger partial charge on any atom is 0.337 e. The van der Waals surface area contributed by atoms with E-state index in [0.717, 1.165) is 29.5 Å². The lowest BCUT2D eigenvalue weighted by molar-refractivity contribution is 0.0698. The van der Waals surface area contributed by atoms with Gasteiger partial charge in [0.05, 0.1) is 38.9 Å². The largest absolute Gasteiger partial charge is 0.496 e. The second-order valence-electron chi connectivity index (χ2n) is 6.54. The van der Waals surface area contributed by atoms with Crippen LogP contribution in [0.5, 0.6) is 23.0 Å². The number of hydrogen-bond acceptors (Lipinski definition) is 6. The van der Waals surface area contributed by atoms with E-state index >= 15 is 0 Å². The van der Waals surface area contributed by atoms with Crippen LogP contribution in [-0.4, -0.2) is 39.5 Å². The first-order valence-corrected chi connectivity index (χ1v) is 10.2. The summed E-state index contributed by atoms with van der Waals surface area (Å²) in [5, 5.41) is 11.3. The van der Waals surface area contributed by atoms with Gasteiger partial charge in [-0.25, -0.2) is 4.79 Å². The average molecular weight is 429 g/mol. The number of rotatable bonds is 9. The van der Waals surface area contributed by atoms with Gasteiger partial charge in [0.2, 0.25) is 5.75 Å². The van der Waals surface area contributed by atoms with Crippen molar-refractivity contribution in [3.8, 4) is 33.4 Å². The summed E-state index contributed by atoms with van der Waals surface area (Å²) in [6, 6.07) is 11.4. The molecular weight excluding hydrogens is 404 g/mol. The molecule has 2 aromatic carbocycles. The van der Waals surface area contributed by atoms with Gasteiger partial charge in [0.1, 0.15) is 5.75 Å². The Morgan fingerprint density at radius 3 is 2.03 bits per heavy atom. The molecule has 0 aliphatic heterocycles. The number of carbonyl (C=O) groups is 1. The Bertz CT molecular complexity index is 1010. The first-order valence-electron chi connectivity index (χ1n) is 9.29. The number of thiophene rings is 1. The van der Waals surface area contributed by atoms with Crippen molar-refractivity contribution in [3.63, 3.8) is 0 Å². The third-order valence-electron chi connectivity index (χ3n) is 4.83. The zero-order valence-corrected chi connectivity index (χ0v) is 18.2. The van der Waals surface area contributed by atoms with Gasteiger partial charge in [0.15, 0.2) is 11.5 Å². The fraction of sp³-hybridized carbons (Fsp3) is 0.261. The zero-order valence-electron chi connectivity index (χ0n) is 17.4. The standard InChI is InChI=1S/C23H24O6S/c1-26-18-8-7-14(11-17(18)22-16(23(24)25)9-10-30-22)5-6-15-12-19(27-2)21(29-4)20(13-15)28-3/h7-13H,5-6H2,1-4H3,(H,24,25). The van der Waals surface area contributed by atoms with Crippen molar-refractivity contribution in [2.45, 2.75) is 12.8 Å². The molecule has 3 rings (SSSR count). The minimum Gasteiger partial charge on any atom is -0.496 e. The van der Waals surface area contributed by atoms with Crippen LogP contribution in [0.25, 0.3) is 10.4 Å². The molecule has 0 saturated carbocycles. The summed E-state index contributed by atoms with van der Waals surface area (Å²) >= 11 is 1.39. The molecule has 3 aromatic rings. The Morgan fingerprint density at radius 2 is 1.47 bits per heavy atom. The number of ether oxygens (including phenoxy) is 4. The van der Waals surface area contributed by atoms with Gasteiger partial charge in [0, 0.05) is 5.56 Å². The second-order valence-corrected chi connectivity index (χ2v) is 7.45. The molecule has 0 bridgehead atoms. The molecular formula is C23H24O6S. The quantitative estimate of drug-likeness (QED) is 0.521. The van der Waals surface area contributed by atoms with E-state index in [1.54, 1.807) is 39.9 Å². The summed E-state index contributed by atoms with van der Waals surface area (Å²) in [5.74, 6) is 1.50. The molecule has 0 aliphatic carbocycles. The minimum absolute atomic E-state index is 0.278. The highest BCUT2D eigenvalue weighted by atomic mass is 32.1. The van der Waals surface area contributed by atoms with Crippen molar-refractivity contribution in [3.05, 3.63) is 58.5 Å². The number of carboxylic acid groups (broad SMARTS) is 1. The van der Waals surface area contributed by atoms with E-state index in [9.17, 15) is 9.90 Å².